The van der Waals surface area contributed by atoms with E-state index in [9.17, 15) is 5.11 Å². The molecule has 0 amide bonds. The van der Waals surface area contributed by atoms with E-state index >= 15 is 0 Å². The number of aliphatic hydroxyl groups is 1. The molecular weight excluding hydrogens is 438 g/mol. The van der Waals surface area contributed by atoms with Crippen LogP contribution in [0.5, 0.6) is 5.75 Å². The predicted molar refractivity (Wildman–Crippen MR) is 126 cm³/mol. The molecule has 3 aliphatic rings. The van der Waals surface area contributed by atoms with Gasteiger partial charge in [0.05, 0.1) is 30.9 Å². The van der Waals surface area contributed by atoms with Crippen LogP contribution >= 0.6 is 11.3 Å². The summed E-state index contributed by atoms with van der Waals surface area (Å²) >= 11 is 1.78. The Labute approximate surface area is 197 Å². The third-order valence-electron chi connectivity index (χ3n) is 7.54. The van der Waals surface area contributed by atoms with Crippen LogP contribution in [-0.2, 0) is 11.2 Å². The highest BCUT2D eigenvalue weighted by Crippen LogP contribution is 2.49. The molecule has 6 rings (SSSR count). The van der Waals surface area contributed by atoms with E-state index < -0.39 is 6.10 Å². The molecule has 0 spiro atoms. The molecule has 2 fully saturated rings. The third-order valence-corrected chi connectivity index (χ3v) is 8.71. The van der Waals surface area contributed by atoms with Crippen LogP contribution < -0.4 is 4.74 Å². The Balaban J connectivity index is 1.18. The van der Waals surface area contributed by atoms with E-state index in [1.165, 1.54) is 29.5 Å². The van der Waals surface area contributed by atoms with E-state index in [2.05, 4.69) is 14.9 Å². The first-order valence-electron chi connectivity index (χ1n) is 12.2. The van der Waals surface area contributed by atoms with Gasteiger partial charge in [0.2, 0.25) is 5.89 Å². The van der Waals surface area contributed by atoms with E-state index in [4.69, 9.17) is 13.9 Å². The molecule has 2 atom stereocenters. The largest absolute Gasteiger partial charge is 0.490 e. The summed E-state index contributed by atoms with van der Waals surface area (Å²) in [7, 11) is 0. The van der Waals surface area contributed by atoms with Crippen molar-refractivity contribution in [3.05, 3.63) is 41.1 Å². The molecule has 0 bridgehead atoms. The highest BCUT2D eigenvalue weighted by molar-refractivity contribution is 7.19. The van der Waals surface area contributed by atoms with E-state index in [1.54, 1.807) is 17.5 Å². The van der Waals surface area contributed by atoms with Crippen molar-refractivity contribution in [2.75, 3.05) is 26.3 Å². The van der Waals surface area contributed by atoms with Gasteiger partial charge in [-0.3, -0.25) is 4.90 Å². The molecule has 3 aromatic rings. The first kappa shape index (κ1) is 21.5. The summed E-state index contributed by atoms with van der Waals surface area (Å²) in [6, 6.07) is 2.70. The van der Waals surface area contributed by atoms with Gasteiger partial charge in [-0.1, -0.05) is 0 Å². The lowest BCUT2D eigenvalue weighted by atomic mass is 9.91. The van der Waals surface area contributed by atoms with Gasteiger partial charge in [0.25, 0.3) is 0 Å². The lowest BCUT2D eigenvalue weighted by Crippen LogP contribution is -2.46. The van der Waals surface area contributed by atoms with E-state index in [1.807, 2.05) is 12.3 Å². The van der Waals surface area contributed by atoms with E-state index in [0.717, 1.165) is 68.0 Å². The standard InChI is InChI=1S/C25H31N3O4S/c29-19(24-26-9-12-31-24)15-16-1-6-21-22(16)23-20(7-8-27-25(23)33-21)32-18-4-2-17(3-5-18)28-10-13-30-14-11-28/h7-9,12,16-19,29H,1-6,10-11,13-15H2/t16?,17-,18-,19-/m0/s1. The van der Waals surface area contributed by atoms with Gasteiger partial charge in [-0.2, -0.15) is 0 Å². The SMILES string of the molecule is O[C@@H](CC1CCc2sc3nccc(O[C@H]4CC[C@H](N5CCOCC5)CC4)c3c21)c1ncco1. The zero-order valence-corrected chi connectivity index (χ0v) is 19.6. The number of oxazole rings is 1. The Hall–Kier alpha value is -2.00. The molecule has 1 aliphatic heterocycles. The molecule has 8 heteroatoms. The van der Waals surface area contributed by atoms with Crippen LogP contribution in [-0.4, -0.2) is 58.4 Å². The number of hydrogen-bond donors (Lipinski definition) is 1. The highest BCUT2D eigenvalue weighted by atomic mass is 32.1. The molecule has 1 saturated heterocycles. The molecule has 0 radical (unpaired) electrons. The summed E-state index contributed by atoms with van der Waals surface area (Å²) in [4.78, 5) is 13.8. The quantitative estimate of drug-likeness (QED) is 0.571. The molecule has 176 valence electrons. The zero-order valence-electron chi connectivity index (χ0n) is 18.8. The molecular formula is C25H31N3O4S. The minimum atomic E-state index is -0.692. The van der Waals surface area contributed by atoms with Crippen molar-refractivity contribution < 1.29 is 19.0 Å². The summed E-state index contributed by atoms with van der Waals surface area (Å²) in [6.07, 6.45) is 11.8. The molecule has 2 aliphatic carbocycles. The Morgan fingerprint density at radius 1 is 1.12 bits per heavy atom. The predicted octanol–water partition coefficient (Wildman–Crippen LogP) is 4.46. The number of fused-ring (bicyclic) bond motifs is 3. The van der Waals surface area contributed by atoms with Crippen molar-refractivity contribution in [2.45, 2.75) is 69.1 Å². The maximum atomic E-state index is 10.7. The zero-order chi connectivity index (χ0) is 22.2. The molecule has 1 unspecified atom stereocenters. The fourth-order valence-corrected chi connectivity index (χ4v) is 7.14. The van der Waals surface area contributed by atoms with Gasteiger partial charge in [-0.05, 0) is 62.5 Å². The van der Waals surface area contributed by atoms with Crippen molar-refractivity contribution in [1.29, 1.82) is 0 Å². The Morgan fingerprint density at radius 2 is 1.97 bits per heavy atom. The maximum absolute atomic E-state index is 10.7. The van der Waals surface area contributed by atoms with Crippen LogP contribution in [0.1, 0.15) is 66.9 Å². The number of aromatic nitrogens is 2. The number of aliphatic hydroxyl groups excluding tert-OH is 1. The van der Waals surface area contributed by atoms with Crippen LogP contribution in [0.4, 0.5) is 0 Å². The van der Waals surface area contributed by atoms with Crippen molar-refractivity contribution >= 4 is 21.6 Å². The first-order valence-corrected chi connectivity index (χ1v) is 13.0. The van der Waals surface area contributed by atoms with Crippen LogP contribution in [0.2, 0.25) is 0 Å². The van der Waals surface area contributed by atoms with Gasteiger partial charge >= 0.3 is 0 Å². The van der Waals surface area contributed by atoms with E-state index in [-0.39, 0.29) is 12.0 Å². The maximum Gasteiger partial charge on any atom is 0.222 e. The normalized spacial score (nSPS) is 27.0. The number of aryl methyl sites for hydroxylation is 1. The minimum absolute atomic E-state index is 0.251. The van der Waals surface area contributed by atoms with Gasteiger partial charge in [-0.15, -0.1) is 11.3 Å². The average Bonchev–Trinajstić information content (AvgIpc) is 3.59. The number of thiophene rings is 1. The fourth-order valence-electron chi connectivity index (χ4n) is 5.88. The molecule has 33 heavy (non-hydrogen) atoms. The molecule has 4 heterocycles. The van der Waals surface area contributed by atoms with E-state index in [0.29, 0.717) is 18.4 Å². The lowest BCUT2D eigenvalue weighted by Gasteiger charge is -2.38. The second kappa shape index (κ2) is 9.33. The van der Waals surface area contributed by atoms with Crippen molar-refractivity contribution in [2.24, 2.45) is 0 Å². The molecule has 1 saturated carbocycles. The molecule has 1 N–H and O–H groups in total. The Morgan fingerprint density at radius 3 is 2.76 bits per heavy atom. The number of nitrogens with zero attached hydrogens (tertiary/aromatic N) is 3. The van der Waals surface area contributed by atoms with Gasteiger partial charge in [0.1, 0.15) is 22.9 Å². The second-order valence-corrected chi connectivity index (χ2v) is 10.6. The van der Waals surface area contributed by atoms with Gasteiger partial charge in [-0.25, -0.2) is 9.97 Å². The number of morpholine rings is 1. The van der Waals surface area contributed by atoms with Crippen LogP contribution in [0.25, 0.3) is 10.2 Å². The summed E-state index contributed by atoms with van der Waals surface area (Å²) in [5, 5.41) is 11.8. The minimum Gasteiger partial charge on any atom is -0.490 e. The van der Waals surface area contributed by atoms with Crippen molar-refractivity contribution in [1.82, 2.24) is 14.9 Å². The average molecular weight is 470 g/mol. The Kier molecular flexibility index (Phi) is 6.09. The molecule has 3 aromatic heterocycles. The number of ether oxygens (including phenoxy) is 2. The number of hydrogen-bond acceptors (Lipinski definition) is 8. The van der Waals surface area contributed by atoms with Crippen molar-refractivity contribution in [3.63, 3.8) is 0 Å². The summed E-state index contributed by atoms with van der Waals surface area (Å²) in [6.45, 7) is 3.84. The first-order chi connectivity index (χ1) is 16.3. The number of pyridine rings is 1. The summed E-state index contributed by atoms with van der Waals surface area (Å²) in [5.74, 6) is 1.62. The highest BCUT2D eigenvalue weighted by Gasteiger charge is 2.33. The van der Waals surface area contributed by atoms with Gasteiger partial charge in [0, 0.05) is 30.2 Å². The van der Waals surface area contributed by atoms with Crippen LogP contribution in [0, 0.1) is 0 Å². The Bertz CT molecular complexity index is 1070. The smallest absolute Gasteiger partial charge is 0.222 e. The van der Waals surface area contributed by atoms with Gasteiger partial charge < -0.3 is 19.0 Å². The molecule has 7 nitrogen and oxygen atoms in total. The van der Waals surface area contributed by atoms with Crippen LogP contribution in [0.15, 0.2) is 29.1 Å². The van der Waals surface area contributed by atoms with Crippen LogP contribution in [0.3, 0.4) is 0 Å². The third kappa shape index (κ3) is 4.30. The summed E-state index contributed by atoms with van der Waals surface area (Å²) < 4.78 is 17.5. The fraction of sp³-hybridized carbons (Fsp3) is 0.600. The molecule has 0 aromatic carbocycles. The second-order valence-electron chi connectivity index (χ2n) is 9.48. The number of rotatable bonds is 6. The van der Waals surface area contributed by atoms with Crippen molar-refractivity contribution in [3.8, 4) is 5.75 Å². The summed E-state index contributed by atoms with van der Waals surface area (Å²) in [5.41, 5.74) is 1.32. The lowest BCUT2D eigenvalue weighted by molar-refractivity contribution is -0.000920. The topological polar surface area (TPSA) is 80.9 Å². The monoisotopic (exact) mass is 469 g/mol. The van der Waals surface area contributed by atoms with Gasteiger partial charge in [0.15, 0.2) is 0 Å².